The van der Waals surface area contributed by atoms with Gasteiger partial charge in [-0.05, 0) is 54.3 Å². The van der Waals surface area contributed by atoms with Gasteiger partial charge in [0.25, 0.3) is 0 Å². The van der Waals surface area contributed by atoms with Crippen LogP contribution in [-0.2, 0) is 0 Å². The van der Waals surface area contributed by atoms with E-state index >= 15 is 0 Å². The van der Waals surface area contributed by atoms with Crippen LogP contribution in [0.1, 0.15) is 21.5 Å². The summed E-state index contributed by atoms with van der Waals surface area (Å²) in [6.45, 7) is 3.85. The van der Waals surface area contributed by atoms with Gasteiger partial charge in [-0.3, -0.25) is 4.79 Å². The molecule has 0 saturated carbocycles. The van der Waals surface area contributed by atoms with Gasteiger partial charge in [-0.25, -0.2) is 0 Å². The van der Waals surface area contributed by atoms with Crippen LogP contribution in [0.25, 0.3) is 11.1 Å². The molecule has 2 heteroatoms. The zero-order valence-corrected chi connectivity index (χ0v) is 9.90. The second-order valence-corrected chi connectivity index (χ2v) is 4.19. The van der Waals surface area contributed by atoms with Gasteiger partial charge in [-0.2, -0.15) is 0 Å². The zero-order chi connectivity index (χ0) is 12.4. The maximum absolute atomic E-state index is 10.9. The van der Waals surface area contributed by atoms with Gasteiger partial charge in [0.05, 0.1) is 0 Å². The topological polar surface area (TPSA) is 37.3 Å². The molecule has 2 aromatic carbocycles. The minimum Gasteiger partial charge on any atom is -0.508 e. The molecular formula is C15H14O2. The Hall–Kier alpha value is -2.09. The number of hydrogen-bond acceptors (Lipinski definition) is 2. The molecule has 17 heavy (non-hydrogen) atoms. The molecule has 0 aromatic heterocycles. The quantitative estimate of drug-likeness (QED) is 0.796. The summed E-state index contributed by atoms with van der Waals surface area (Å²) in [6.07, 6.45) is 0.870. The maximum Gasteiger partial charge on any atom is 0.150 e. The lowest BCUT2D eigenvalue weighted by atomic mass is 9.97. The third kappa shape index (κ3) is 2.21. The van der Waals surface area contributed by atoms with Gasteiger partial charge < -0.3 is 5.11 Å². The summed E-state index contributed by atoms with van der Waals surface area (Å²) in [5.41, 5.74) is 4.70. The van der Waals surface area contributed by atoms with Crippen molar-refractivity contribution in [1.29, 1.82) is 0 Å². The molecule has 0 saturated heterocycles. The molecular weight excluding hydrogens is 212 g/mol. The van der Waals surface area contributed by atoms with E-state index in [4.69, 9.17) is 0 Å². The third-order valence-corrected chi connectivity index (χ3v) is 2.93. The molecule has 0 aliphatic carbocycles. The van der Waals surface area contributed by atoms with Crippen molar-refractivity contribution in [2.24, 2.45) is 0 Å². The van der Waals surface area contributed by atoms with Gasteiger partial charge in [0.2, 0.25) is 0 Å². The number of carbonyl (C=O) groups is 1. The maximum atomic E-state index is 10.9. The number of phenolic OH excluding ortho intramolecular Hbond substituents is 1. The summed E-state index contributed by atoms with van der Waals surface area (Å²) in [6, 6.07) is 11.0. The summed E-state index contributed by atoms with van der Waals surface area (Å²) in [7, 11) is 0. The van der Waals surface area contributed by atoms with Crippen molar-refractivity contribution in [3.63, 3.8) is 0 Å². The van der Waals surface area contributed by atoms with Crippen molar-refractivity contribution in [2.75, 3.05) is 0 Å². The third-order valence-electron chi connectivity index (χ3n) is 2.93. The summed E-state index contributed by atoms with van der Waals surface area (Å²) < 4.78 is 0. The molecule has 0 heterocycles. The predicted molar refractivity (Wildman–Crippen MR) is 68.4 cm³/mol. The first-order valence-electron chi connectivity index (χ1n) is 5.47. The van der Waals surface area contributed by atoms with Gasteiger partial charge >= 0.3 is 0 Å². The number of aryl methyl sites for hydroxylation is 2. The van der Waals surface area contributed by atoms with Gasteiger partial charge in [0.15, 0.2) is 0 Å². The van der Waals surface area contributed by atoms with Crippen molar-refractivity contribution >= 4 is 6.29 Å². The Morgan fingerprint density at radius 1 is 1.00 bits per heavy atom. The van der Waals surface area contributed by atoms with Gasteiger partial charge in [0.1, 0.15) is 12.0 Å². The minimum atomic E-state index is 0.258. The second kappa shape index (κ2) is 4.42. The predicted octanol–water partition coefficient (Wildman–Crippen LogP) is 3.49. The van der Waals surface area contributed by atoms with E-state index < -0.39 is 0 Å². The average molecular weight is 226 g/mol. The Labute approximate surface area is 101 Å². The normalized spacial score (nSPS) is 10.2. The molecule has 0 atom stereocenters. The Morgan fingerprint density at radius 3 is 2.41 bits per heavy atom. The van der Waals surface area contributed by atoms with Crippen LogP contribution in [0, 0.1) is 13.8 Å². The average Bonchev–Trinajstić information content (AvgIpc) is 2.30. The Kier molecular flexibility index (Phi) is 2.96. The fourth-order valence-electron chi connectivity index (χ4n) is 1.91. The van der Waals surface area contributed by atoms with Crippen LogP contribution in [-0.4, -0.2) is 11.4 Å². The van der Waals surface area contributed by atoms with Crippen LogP contribution in [0.3, 0.4) is 0 Å². The highest BCUT2D eigenvalue weighted by molar-refractivity contribution is 5.81. The van der Waals surface area contributed by atoms with Crippen LogP contribution in [0.2, 0.25) is 0 Å². The van der Waals surface area contributed by atoms with Crippen molar-refractivity contribution < 1.29 is 9.90 Å². The first kappa shape index (κ1) is 11.4. The molecule has 0 aliphatic rings. The fraction of sp³-hybridized carbons (Fsp3) is 0.133. The smallest absolute Gasteiger partial charge is 0.150 e. The number of carbonyl (C=O) groups excluding carboxylic acids is 1. The molecule has 0 bridgehead atoms. The van der Waals surface area contributed by atoms with Crippen LogP contribution in [0.15, 0.2) is 36.4 Å². The Bertz CT molecular complexity index is 571. The van der Waals surface area contributed by atoms with E-state index in [1.54, 1.807) is 12.1 Å². The number of aldehydes is 1. The molecule has 86 valence electrons. The van der Waals surface area contributed by atoms with Crippen molar-refractivity contribution in [2.45, 2.75) is 13.8 Å². The van der Waals surface area contributed by atoms with Crippen LogP contribution < -0.4 is 0 Å². The summed E-state index contributed by atoms with van der Waals surface area (Å²) >= 11 is 0. The van der Waals surface area contributed by atoms with E-state index in [-0.39, 0.29) is 5.75 Å². The molecule has 2 aromatic rings. The highest BCUT2D eigenvalue weighted by Crippen LogP contribution is 2.27. The van der Waals surface area contributed by atoms with Crippen LogP contribution in [0.5, 0.6) is 5.75 Å². The van der Waals surface area contributed by atoms with Crippen molar-refractivity contribution in [3.05, 3.63) is 53.1 Å². The molecule has 0 radical (unpaired) electrons. The number of phenols is 1. The molecule has 2 nitrogen and oxygen atoms in total. The molecule has 0 spiro atoms. The lowest BCUT2D eigenvalue weighted by molar-refractivity contribution is 0.112. The van der Waals surface area contributed by atoms with Gasteiger partial charge in [-0.1, -0.05) is 18.2 Å². The molecule has 0 amide bonds. The first-order valence-corrected chi connectivity index (χ1v) is 5.47. The molecule has 0 fully saturated rings. The monoisotopic (exact) mass is 226 g/mol. The standard InChI is InChI=1S/C15H14O2/c1-10-3-4-12(8-13(10)9-16)15-6-5-14(17)7-11(15)2/h3-9,17H,1-2H3. The second-order valence-electron chi connectivity index (χ2n) is 4.19. The summed E-state index contributed by atoms with van der Waals surface area (Å²) in [5.74, 6) is 0.258. The molecule has 0 aliphatic heterocycles. The lowest BCUT2D eigenvalue weighted by Crippen LogP contribution is -1.89. The van der Waals surface area contributed by atoms with Crippen LogP contribution in [0.4, 0.5) is 0 Å². The van der Waals surface area contributed by atoms with E-state index in [0.717, 1.165) is 28.5 Å². The number of aromatic hydroxyl groups is 1. The molecule has 1 N–H and O–H groups in total. The molecule has 0 unspecified atom stereocenters. The van der Waals surface area contributed by atoms with Gasteiger partial charge in [-0.15, -0.1) is 0 Å². The Balaban J connectivity index is 2.56. The van der Waals surface area contributed by atoms with Gasteiger partial charge in [0, 0.05) is 5.56 Å². The van der Waals surface area contributed by atoms with Crippen molar-refractivity contribution in [1.82, 2.24) is 0 Å². The van der Waals surface area contributed by atoms with Crippen molar-refractivity contribution in [3.8, 4) is 16.9 Å². The largest absolute Gasteiger partial charge is 0.508 e. The Morgan fingerprint density at radius 2 is 1.76 bits per heavy atom. The van der Waals surface area contributed by atoms with E-state index in [0.29, 0.717) is 5.56 Å². The van der Waals surface area contributed by atoms with E-state index in [9.17, 15) is 9.90 Å². The minimum absolute atomic E-state index is 0.258. The lowest BCUT2D eigenvalue weighted by Gasteiger charge is -2.08. The zero-order valence-electron chi connectivity index (χ0n) is 9.90. The summed E-state index contributed by atoms with van der Waals surface area (Å²) in [4.78, 5) is 10.9. The molecule has 2 rings (SSSR count). The fourth-order valence-corrected chi connectivity index (χ4v) is 1.91. The van der Waals surface area contributed by atoms with E-state index in [1.165, 1.54) is 0 Å². The highest BCUT2D eigenvalue weighted by atomic mass is 16.3. The number of benzene rings is 2. The number of hydrogen-bond donors (Lipinski definition) is 1. The highest BCUT2D eigenvalue weighted by Gasteiger charge is 2.05. The SMILES string of the molecule is Cc1ccc(-c2ccc(O)cc2C)cc1C=O. The first-order chi connectivity index (χ1) is 8.11. The summed E-state index contributed by atoms with van der Waals surface area (Å²) in [5, 5.41) is 9.37. The number of rotatable bonds is 2. The van der Waals surface area contributed by atoms with E-state index in [1.807, 2.05) is 38.1 Å². The van der Waals surface area contributed by atoms with Crippen LogP contribution >= 0.6 is 0 Å². The van der Waals surface area contributed by atoms with E-state index in [2.05, 4.69) is 0 Å².